The predicted octanol–water partition coefficient (Wildman–Crippen LogP) is 2.97. The van der Waals surface area contributed by atoms with Crippen LogP contribution in [0.25, 0.3) is 0 Å². The summed E-state index contributed by atoms with van der Waals surface area (Å²) in [6.07, 6.45) is 8.03. The number of hydrogen-bond acceptors (Lipinski definition) is 2. The van der Waals surface area contributed by atoms with Crippen molar-refractivity contribution in [3.05, 3.63) is 38.0 Å². The SMILES string of the molecule is C=CCC(CC=C)(CC=C)O[SiH](C)OC. The molecule has 86 valence electrons. The van der Waals surface area contributed by atoms with Crippen LogP contribution in [-0.2, 0) is 8.85 Å². The first-order valence-electron chi connectivity index (χ1n) is 5.17. The molecule has 1 atom stereocenters. The fourth-order valence-electron chi connectivity index (χ4n) is 1.58. The molecule has 0 spiro atoms. The van der Waals surface area contributed by atoms with Gasteiger partial charge in [-0.2, -0.15) is 0 Å². The summed E-state index contributed by atoms with van der Waals surface area (Å²) in [7, 11) is 0.147. The van der Waals surface area contributed by atoms with Crippen LogP contribution < -0.4 is 0 Å². The lowest BCUT2D eigenvalue weighted by atomic mass is 9.92. The van der Waals surface area contributed by atoms with Gasteiger partial charge in [-0.25, -0.2) is 0 Å². The van der Waals surface area contributed by atoms with E-state index in [4.69, 9.17) is 8.85 Å². The Morgan fingerprint density at radius 1 is 1.07 bits per heavy atom. The fourth-order valence-corrected chi connectivity index (χ4v) is 2.67. The van der Waals surface area contributed by atoms with E-state index in [0.717, 1.165) is 19.3 Å². The highest BCUT2D eigenvalue weighted by Crippen LogP contribution is 2.27. The molecule has 0 radical (unpaired) electrons. The van der Waals surface area contributed by atoms with Crippen LogP contribution in [0.15, 0.2) is 38.0 Å². The van der Waals surface area contributed by atoms with Crippen molar-refractivity contribution in [2.75, 3.05) is 7.11 Å². The Kier molecular flexibility index (Phi) is 7.30. The molecule has 1 unspecified atom stereocenters. The molecule has 3 heteroatoms. The van der Waals surface area contributed by atoms with Gasteiger partial charge in [0.1, 0.15) is 0 Å². The second-order valence-electron chi connectivity index (χ2n) is 3.58. The highest BCUT2D eigenvalue weighted by molar-refractivity contribution is 6.42. The van der Waals surface area contributed by atoms with Crippen molar-refractivity contribution < 1.29 is 8.85 Å². The predicted molar refractivity (Wildman–Crippen MR) is 68.3 cm³/mol. The van der Waals surface area contributed by atoms with Crippen LogP contribution >= 0.6 is 0 Å². The molecule has 0 heterocycles. The van der Waals surface area contributed by atoms with Crippen LogP contribution in [0.1, 0.15) is 19.3 Å². The zero-order valence-electron chi connectivity index (χ0n) is 9.87. The van der Waals surface area contributed by atoms with Crippen LogP contribution in [0.4, 0.5) is 0 Å². The molecule has 0 aliphatic carbocycles. The number of hydrogen-bond donors (Lipinski definition) is 0. The van der Waals surface area contributed by atoms with Gasteiger partial charge in [-0.15, -0.1) is 19.7 Å². The van der Waals surface area contributed by atoms with E-state index in [1.54, 1.807) is 7.11 Å². The molecule has 0 aliphatic heterocycles. The van der Waals surface area contributed by atoms with E-state index in [-0.39, 0.29) is 5.60 Å². The first-order chi connectivity index (χ1) is 7.14. The molecule has 0 N–H and O–H groups in total. The minimum Gasteiger partial charge on any atom is -0.400 e. The Bertz CT molecular complexity index is 187. The Labute approximate surface area is 95.1 Å². The summed E-state index contributed by atoms with van der Waals surface area (Å²) in [4.78, 5) is 0. The van der Waals surface area contributed by atoms with Gasteiger partial charge in [-0.1, -0.05) is 18.2 Å². The van der Waals surface area contributed by atoms with Crippen molar-refractivity contribution in [2.24, 2.45) is 0 Å². The summed E-state index contributed by atoms with van der Waals surface area (Å²) < 4.78 is 11.3. The molecule has 0 aromatic heterocycles. The van der Waals surface area contributed by atoms with Crippen LogP contribution in [-0.4, -0.2) is 22.0 Å². The molecule has 0 rings (SSSR count). The van der Waals surface area contributed by atoms with E-state index >= 15 is 0 Å². The van der Waals surface area contributed by atoms with Gasteiger partial charge in [-0.05, 0) is 25.8 Å². The molecule has 0 fully saturated rings. The molecule has 2 nitrogen and oxygen atoms in total. The molecule has 15 heavy (non-hydrogen) atoms. The summed E-state index contributed by atoms with van der Waals surface area (Å²) in [5, 5.41) is 0. The van der Waals surface area contributed by atoms with Crippen molar-refractivity contribution in [3.8, 4) is 0 Å². The third-order valence-electron chi connectivity index (χ3n) is 2.30. The normalized spacial score (nSPS) is 13.2. The van der Waals surface area contributed by atoms with E-state index in [1.165, 1.54) is 0 Å². The van der Waals surface area contributed by atoms with Gasteiger partial charge in [0.25, 0.3) is 0 Å². The molecule has 0 bridgehead atoms. The summed E-state index contributed by atoms with van der Waals surface area (Å²) in [6, 6.07) is 0. The first kappa shape index (κ1) is 14.4. The monoisotopic (exact) mass is 226 g/mol. The van der Waals surface area contributed by atoms with Crippen molar-refractivity contribution >= 4 is 9.28 Å². The Balaban J connectivity index is 4.65. The quantitative estimate of drug-likeness (QED) is 0.444. The van der Waals surface area contributed by atoms with E-state index < -0.39 is 9.28 Å². The van der Waals surface area contributed by atoms with E-state index in [1.807, 2.05) is 24.8 Å². The molecular weight excluding hydrogens is 204 g/mol. The fraction of sp³-hybridized carbons (Fsp3) is 0.500. The van der Waals surface area contributed by atoms with Crippen LogP contribution in [0.5, 0.6) is 0 Å². The van der Waals surface area contributed by atoms with Crippen molar-refractivity contribution in [1.82, 2.24) is 0 Å². The summed E-state index contributed by atoms with van der Waals surface area (Å²) in [5.41, 5.74) is -0.243. The maximum absolute atomic E-state index is 6.01. The zero-order valence-corrected chi connectivity index (χ0v) is 11.0. The lowest BCUT2D eigenvalue weighted by Gasteiger charge is -2.33. The molecule has 0 aromatic carbocycles. The van der Waals surface area contributed by atoms with E-state index in [0.29, 0.717) is 0 Å². The molecule has 0 aromatic rings. The van der Waals surface area contributed by atoms with Gasteiger partial charge in [0.05, 0.1) is 5.60 Å². The maximum atomic E-state index is 6.01. The maximum Gasteiger partial charge on any atom is 0.318 e. The minimum atomic E-state index is -1.54. The second-order valence-corrected chi connectivity index (χ2v) is 5.42. The highest BCUT2D eigenvalue weighted by Gasteiger charge is 2.29. The highest BCUT2D eigenvalue weighted by atomic mass is 28.3. The first-order valence-corrected chi connectivity index (χ1v) is 7.27. The van der Waals surface area contributed by atoms with Crippen molar-refractivity contribution in [1.29, 1.82) is 0 Å². The summed E-state index contributed by atoms with van der Waals surface area (Å²) in [5.74, 6) is 0. The third-order valence-corrected chi connectivity index (χ3v) is 3.79. The van der Waals surface area contributed by atoms with Crippen LogP contribution in [0.3, 0.4) is 0 Å². The Morgan fingerprint density at radius 2 is 1.47 bits per heavy atom. The van der Waals surface area contributed by atoms with Gasteiger partial charge in [0.15, 0.2) is 0 Å². The van der Waals surface area contributed by atoms with E-state index in [2.05, 4.69) is 19.7 Å². The average molecular weight is 226 g/mol. The molecule has 0 saturated carbocycles. The standard InChI is InChI=1S/C12H22O2Si/c1-6-9-12(10-7-2,11-8-3)14-15(5)13-4/h6-8,15H,1-3,9-11H2,4-5H3. The largest absolute Gasteiger partial charge is 0.400 e. The average Bonchev–Trinajstić information content (AvgIpc) is 2.18. The molecule has 0 amide bonds. The molecule has 0 saturated heterocycles. The van der Waals surface area contributed by atoms with Crippen LogP contribution in [0, 0.1) is 0 Å². The Hall–Kier alpha value is -0.643. The van der Waals surface area contributed by atoms with Gasteiger partial charge in [-0.3, -0.25) is 0 Å². The third kappa shape index (κ3) is 5.11. The summed E-state index contributed by atoms with van der Waals surface area (Å²) in [6.45, 7) is 13.3. The molecular formula is C12H22O2Si. The van der Waals surface area contributed by atoms with Gasteiger partial charge in [0.2, 0.25) is 0 Å². The van der Waals surface area contributed by atoms with E-state index in [9.17, 15) is 0 Å². The van der Waals surface area contributed by atoms with Crippen molar-refractivity contribution in [3.63, 3.8) is 0 Å². The van der Waals surface area contributed by atoms with Gasteiger partial charge in [0, 0.05) is 7.11 Å². The van der Waals surface area contributed by atoms with Gasteiger partial charge < -0.3 is 8.85 Å². The number of rotatable bonds is 9. The van der Waals surface area contributed by atoms with Crippen molar-refractivity contribution in [2.45, 2.75) is 31.4 Å². The molecule has 0 aliphatic rings. The topological polar surface area (TPSA) is 18.5 Å². The lowest BCUT2D eigenvalue weighted by molar-refractivity contribution is 0.0498. The van der Waals surface area contributed by atoms with Gasteiger partial charge >= 0.3 is 9.28 Å². The lowest BCUT2D eigenvalue weighted by Crippen LogP contribution is -2.37. The minimum absolute atomic E-state index is 0.243. The smallest absolute Gasteiger partial charge is 0.318 e. The van der Waals surface area contributed by atoms with Crippen LogP contribution in [0.2, 0.25) is 6.55 Å². The second kappa shape index (κ2) is 7.62. The summed E-state index contributed by atoms with van der Waals surface area (Å²) >= 11 is 0. The zero-order chi connectivity index (χ0) is 11.7. The Morgan fingerprint density at radius 3 is 1.73 bits per heavy atom.